The van der Waals surface area contributed by atoms with Gasteiger partial charge in [-0.25, -0.2) is 9.97 Å². The summed E-state index contributed by atoms with van der Waals surface area (Å²) in [4.78, 5) is 9.47. The van der Waals surface area contributed by atoms with Crippen molar-refractivity contribution in [1.29, 1.82) is 5.26 Å². The molecule has 4 rings (SSSR count). The van der Waals surface area contributed by atoms with E-state index in [1.54, 1.807) is 0 Å². The molecule has 0 radical (unpaired) electrons. The maximum Gasteiger partial charge on any atom is 0.160 e. The molecule has 0 atom stereocenters. The van der Waals surface area contributed by atoms with Crippen molar-refractivity contribution < 1.29 is 0 Å². The molecule has 0 aliphatic rings. The lowest BCUT2D eigenvalue weighted by Crippen LogP contribution is -2.06. The summed E-state index contributed by atoms with van der Waals surface area (Å²) in [7, 11) is 0. The van der Waals surface area contributed by atoms with Crippen molar-refractivity contribution in [1.82, 2.24) is 19.1 Å². The maximum atomic E-state index is 9.44. The lowest BCUT2D eigenvalue weighted by atomic mass is 10.1. The topological polar surface area (TPSA) is 59.4 Å². The van der Waals surface area contributed by atoms with Crippen LogP contribution in [-0.4, -0.2) is 19.1 Å². The Bertz CT molecular complexity index is 1190. The van der Waals surface area contributed by atoms with Crippen LogP contribution in [0.15, 0.2) is 48.8 Å². The first-order chi connectivity index (χ1) is 14.2. The van der Waals surface area contributed by atoms with Crippen LogP contribution in [0.25, 0.3) is 22.4 Å². The van der Waals surface area contributed by atoms with Gasteiger partial charge in [-0.15, -0.1) is 0 Å². The highest BCUT2D eigenvalue weighted by molar-refractivity contribution is 5.75. The molecule has 0 fully saturated rings. The molecule has 5 nitrogen and oxygen atoms in total. The zero-order valence-electron chi connectivity index (χ0n) is 17.2. The monoisotopic (exact) mass is 383 g/mol. The number of nitriles is 1. The molecule has 146 valence electrons. The number of nitrogens with zero attached hydrogens (tertiary/aromatic N) is 5. The molecule has 1 aromatic carbocycles. The molecule has 0 aliphatic heterocycles. The number of imidazole rings is 1. The van der Waals surface area contributed by atoms with Gasteiger partial charge in [-0.3, -0.25) is 0 Å². The van der Waals surface area contributed by atoms with Gasteiger partial charge in [0.15, 0.2) is 5.65 Å². The van der Waals surface area contributed by atoms with Crippen LogP contribution < -0.4 is 0 Å². The molecule has 4 aromatic rings. The average Bonchev–Trinajstić information content (AvgIpc) is 3.31. The van der Waals surface area contributed by atoms with Gasteiger partial charge < -0.3 is 9.13 Å². The van der Waals surface area contributed by atoms with E-state index >= 15 is 0 Å². The molecule has 0 amide bonds. The molecule has 0 aliphatic carbocycles. The predicted octanol–water partition coefficient (Wildman–Crippen LogP) is 5.10. The minimum Gasteiger partial charge on any atom is -0.347 e. The summed E-state index contributed by atoms with van der Waals surface area (Å²) in [6.07, 6.45) is 5.82. The van der Waals surface area contributed by atoms with Gasteiger partial charge >= 0.3 is 0 Å². The molecule has 0 bridgehead atoms. The second-order valence-electron chi connectivity index (χ2n) is 7.34. The van der Waals surface area contributed by atoms with E-state index in [0.29, 0.717) is 5.56 Å². The third kappa shape index (κ3) is 3.42. The number of aromatic nitrogens is 4. The number of hydrogen-bond donors (Lipinski definition) is 0. The van der Waals surface area contributed by atoms with Gasteiger partial charge in [0, 0.05) is 25.4 Å². The fourth-order valence-electron chi connectivity index (χ4n) is 3.86. The largest absolute Gasteiger partial charge is 0.347 e. The number of hydrogen-bond acceptors (Lipinski definition) is 3. The van der Waals surface area contributed by atoms with Crippen molar-refractivity contribution in [3.05, 3.63) is 71.3 Å². The number of rotatable bonds is 6. The number of pyridine rings is 1. The summed E-state index contributed by atoms with van der Waals surface area (Å²) in [6.45, 7) is 7.93. The number of fused-ring (bicyclic) bond motifs is 1. The Morgan fingerprint density at radius 2 is 1.86 bits per heavy atom. The fraction of sp³-hybridized carbons (Fsp3) is 0.292. The summed E-state index contributed by atoms with van der Waals surface area (Å²) in [5.74, 6) is 1.08. The van der Waals surface area contributed by atoms with Crippen LogP contribution in [0.5, 0.6) is 0 Å². The van der Waals surface area contributed by atoms with Crippen molar-refractivity contribution >= 4 is 11.2 Å². The van der Waals surface area contributed by atoms with E-state index in [1.165, 1.54) is 5.56 Å². The molecule has 29 heavy (non-hydrogen) atoms. The highest BCUT2D eigenvalue weighted by Crippen LogP contribution is 2.26. The number of aryl methyl sites for hydroxylation is 3. The molecular weight excluding hydrogens is 358 g/mol. The standard InChI is InChI=1S/C24H25N5/c1-4-6-21-27-22-17(3)11-13-26-24(22)29(21)16-18-7-9-19(10-8-18)23-20(15-25)12-14-28(23)5-2/h7-14H,4-6,16H2,1-3H3. The van der Waals surface area contributed by atoms with Crippen LogP contribution in [0.3, 0.4) is 0 Å². The quantitative estimate of drug-likeness (QED) is 0.465. The first kappa shape index (κ1) is 18.9. The molecule has 3 aromatic heterocycles. The normalized spacial score (nSPS) is 11.1. The number of benzene rings is 1. The lowest BCUT2D eigenvalue weighted by molar-refractivity contribution is 0.716. The van der Waals surface area contributed by atoms with Crippen LogP contribution >= 0.6 is 0 Å². The Morgan fingerprint density at radius 1 is 1.07 bits per heavy atom. The Labute approximate surface area is 171 Å². The van der Waals surface area contributed by atoms with Crippen LogP contribution in [0.4, 0.5) is 0 Å². The molecule has 0 saturated carbocycles. The second-order valence-corrected chi connectivity index (χ2v) is 7.34. The van der Waals surface area contributed by atoms with E-state index in [4.69, 9.17) is 4.98 Å². The Balaban J connectivity index is 1.70. The minimum atomic E-state index is 0.713. The van der Waals surface area contributed by atoms with Crippen molar-refractivity contribution in [3.63, 3.8) is 0 Å². The minimum absolute atomic E-state index is 0.713. The summed E-state index contributed by atoms with van der Waals surface area (Å²) in [5, 5.41) is 9.44. The van der Waals surface area contributed by atoms with Gasteiger partial charge in [0.2, 0.25) is 0 Å². The van der Waals surface area contributed by atoms with E-state index in [0.717, 1.165) is 59.7 Å². The van der Waals surface area contributed by atoms with Gasteiger partial charge in [-0.1, -0.05) is 31.2 Å². The van der Waals surface area contributed by atoms with Gasteiger partial charge in [0.25, 0.3) is 0 Å². The summed E-state index contributed by atoms with van der Waals surface area (Å²) in [5.41, 5.74) is 7.06. The Kier molecular flexibility index (Phi) is 5.18. The fourth-order valence-corrected chi connectivity index (χ4v) is 3.86. The van der Waals surface area contributed by atoms with Gasteiger partial charge in [-0.05, 0) is 49.1 Å². The smallest absolute Gasteiger partial charge is 0.160 e. The summed E-state index contributed by atoms with van der Waals surface area (Å²) < 4.78 is 4.35. The summed E-state index contributed by atoms with van der Waals surface area (Å²) >= 11 is 0. The third-order valence-electron chi connectivity index (χ3n) is 5.38. The van der Waals surface area contributed by atoms with E-state index in [9.17, 15) is 5.26 Å². The first-order valence-corrected chi connectivity index (χ1v) is 10.2. The van der Waals surface area contributed by atoms with E-state index < -0.39 is 0 Å². The predicted molar refractivity (Wildman–Crippen MR) is 116 cm³/mol. The average molecular weight is 383 g/mol. The van der Waals surface area contributed by atoms with Crippen molar-refractivity contribution in [2.45, 2.75) is 46.7 Å². The molecule has 0 unspecified atom stereocenters. The van der Waals surface area contributed by atoms with Crippen LogP contribution in [0, 0.1) is 18.3 Å². The van der Waals surface area contributed by atoms with Crippen LogP contribution in [0.1, 0.15) is 42.8 Å². The third-order valence-corrected chi connectivity index (χ3v) is 5.38. The molecule has 3 heterocycles. The Morgan fingerprint density at radius 3 is 2.55 bits per heavy atom. The lowest BCUT2D eigenvalue weighted by Gasteiger charge is -2.11. The highest BCUT2D eigenvalue weighted by atomic mass is 15.1. The molecular formula is C24H25N5. The van der Waals surface area contributed by atoms with Crippen LogP contribution in [-0.2, 0) is 19.5 Å². The van der Waals surface area contributed by atoms with Crippen molar-refractivity contribution in [2.75, 3.05) is 0 Å². The maximum absolute atomic E-state index is 9.44. The molecule has 0 saturated heterocycles. The van der Waals surface area contributed by atoms with E-state index in [-0.39, 0.29) is 0 Å². The van der Waals surface area contributed by atoms with Crippen molar-refractivity contribution in [3.8, 4) is 17.3 Å². The van der Waals surface area contributed by atoms with Gasteiger partial charge in [0.1, 0.15) is 17.4 Å². The van der Waals surface area contributed by atoms with E-state index in [2.05, 4.69) is 65.2 Å². The first-order valence-electron chi connectivity index (χ1n) is 10.2. The van der Waals surface area contributed by atoms with Gasteiger partial charge in [0.05, 0.1) is 17.8 Å². The molecule has 0 N–H and O–H groups in total. The highest BCUT2D eigenvalue weighted by Gasteiger charge is 2.14. The van der Waals surface area contributed by atoms with Crippen LogP contribution in [0.2, 0.25) is 0 Å². The van der Waals surface area contributed by atoms with Gasteiger partial charge in [-0.2, -0.15) is 5.26 Å². The van der Waals surface area contributed by atoms with E-state index in [1.807, 2.05) is 24.5 Å². The van der Waals surface area contributed by atoms with Crippen molar-refractivity contribution in [2.24, 2.45) is 0 Å². The Hall–Kier alpha value is -3.39. The second kappa shape index (κ2) is 7.92. The molecule has 0 spiro atoms. The zero-order valence-corrected chi connectivity index (χ0v) is 17.2. The zero-order chi connectivity index (χ0) is 20.4. The molecule has 5 heteroatoms. The summed E-state index contributed by atoms with van der Waals surface area (Å²) in [6, 6.07) is 14.7. The SMILES string of the molecule is CCCc1nc2c(C)ccnc2n1Cc1ccc(-c2c(C#N)ccn2CC)cc1.